The van der Waals surface area contributed by atoms with Crippen LogP contribution in [0.2, 0.25) is 0 Å². The van der Waals surface area contributed by atoms with Crippen LogP contribution in [-0.2, 0) is 13.1 Å². The lowest BCUT2D eigenvalue weighted by atomic mass is 10.2. The van der Waals surface area contributed by atoms with Crippen molar-refractivity contribution in [1.82, 2.24) is 15.2 Å². The van der Waals surface area contributed by atoms with Crippen LogP contribution in [0.5, 0.6) is 11.5 Å². The van der Waals surface area contributed by atoms with Gasteiger partial charge in [-0.2, -0.15) is 0 Å². The summed E-state index contributed by atoms with van der Waals surface area (Å²) in [5.74, 6) is 1.58. The lowest BCUT2D eigenvalue weighted by Gasteiger charge is -2.27. The molecule has 0 fully saturated rings. The largest absolute Gasteiger partial charge is 0.454 e. The summed E-state index contributed by atoms with van der Waals surface area (Å²) >= 11 is 5.65. The van der Waals surface area contributed by atoms with Gasteiger partial charge in [-0.1, -0.05) is 19.1 Å². The zero-order chi connectivity index (χ0) is 17.6. The molecule has 0 amide bonds. The lowest BCUT2D eigenvalue weighted by molar-refractivity contribution is 0.174. The maximum atomic E-state index is 5.65. The molecule has 25 heavy (non-hydrogen) atoms. The Bertz CT molecular complexity index is 724. The number of hydrogen-bond donors (Lipinski definition) is 1. The van der Waals surface area contributed by atoms with Crippen LogP contribution in [0.15, 0.2) is 42.6 Å². The van der Waals surface area contributed by atoms with Crippen LogP contribution < -0.4 is 14.8 Å². The van der Waals surface area contributed by atoms with E-state index in [0.717, 1.165) is 34.3 Å². The minimum absolute atomic E-state index is 0.282. The van der Waals surface area contributed by atoms with E-state index < -0.39 is 0 Å². The summed E-state index contributed by atoms with van der Waals surface area (Å²) in [5, 5.41) is 4.13. The zero-order valence-electron chi connectivity index (χ0n) is 14.6. The molecule has 1 aliphatic heterocycles. The molecule has 132 valence electrons. The molecular weight excluding hydrogens is 334 g/mol. The van der Waals surface area contributed by atoms with Gasteiger partial charge >= 0.3 is 0 Å². The normalized spacial score (nSPS) is 13.4. The number of benzene rings is 1. The maximum absolute atomic E-state index is 5.65. The molecule has 0 aliphatic carbocycles. The second kappa shape index (κ2) is 8.16. The highest BCUT2D eigenvalue weighted by molar-refractivity contribution is 7.80. The maximum Gasteiger partial charge on any atom is 0.231 e. The van der Waals surface area contributed by atoms with Crippen LogP contribution in [0, 0.1) is 0 Å². The van der Waals surface area contributed by atoms with Crippen LogP contribution in [-0.4, -0.2) is 27.8 Å². The third-order valence-corrected chi connectivity index (χ3v) is 4.53. The van der Waals surface area contributed by atoms with Crippen molar-refractivity contribution in [2.24, 2.45) is 0 Å². The number of hydrogen-bond acceptors (Lipinski definition) is 4. The number of aromatic nitrogens is 1. The van der Waals surface area contributed by atoms with E-state index in [1.165, 1.54) is 0 Å². The van der Waals surface area contributed by atoms with Crippen molar-refractivity contribution in [2.45, 2.75) is 39.4 Å². The average Bonchev–Trinajstić information content (AvgIpc) is 3.09. The number of thiocarbonyl (C=S) groups is 1. The van der Waals surface area contributed by atoms with E-state index in [-0.39, 0.29) is 6.79 Å². The number of fused-ring (bicyclic) bond motifs is 1. The van der Waals surface area contributed by atoms with Gasteiger partial charge in [0.25, 0.3) is 0 Å². The summed E-state index contributed by atoms with van der Waals surface area (Å²) in [4.78, 5) is 6.55. The molecule has 0 spiro atoms. The molecule has 0 radical (unpaired) electrons. The minimum Gasteiger partial charge on any atom is -0.454 e. The second-order valence-electron chi connectivity index (χ2n) is 6.12. The van der Waals surface area contributed by atoms with Gasteiger partial charge in [-0.25, -0.2) is 0 Å². The van der Waals surface area contributed by atoms with E-state index in [4.69, 9.17) is 21.7 Å². The number of nitrogens with one attached hydrogen (secondary N) is 1. The Hall–Kier alpha value is -2.34. The molecule has 2 aromatic rings. The molecule has 1 atom stereocenters. The first kappa shape index (κ1) is 17.5. The van der Waals surface area contributed by atoms with Crippen molar-refractivity contribution >= 4 is 17.3 Å². The molecular formula is C19H23N3O2S. The molecule has 0 saturated heterocycles. The van der Waals surface area contributed by atoms with Gasteiger partial charge < -0.3 is 19.7 Å². The van der Waals surface area contributed by atoms with E-state index in [1.807, 2.05) is 36.4 Å². The standard InChI is InChI=1S/C19H23N3O2S/c1-3-14(2)21-19(25)22(12-16-6-4-5-9-20-16)11-15-7-8-17-18(10-15)24-13-23-17/h4-10,14H,3,11-13H2,1-2H3,(H,21,25). The molecule has 1 unspecified atom stereocenters. The van der Waals surface area contributed by atoms with Crippen LogP contribution >= 0.6 is 12.2 Å². The summed E-state index contributed by atoms with van der Waals surface area (Å²) in [6.45, 7) is 5.88. The van der Waals surface area contributed by atoms with Crippen molar-refractivity contribution < 1.29 is 9.47 Å². The van der Waals surface area contributed by atoms with Crippen molar-refractivity contribution in [2.75, 3.05) is 6.79 Å². The first-order chi connectivity index (χ1) is 12.2. The van der Waals surface area contributed by atoms with Crippen LogP contribution in [0.4, 0.5) is 0 Å². The molecule has 1 aromatic heterocycles. The highest BCUT2D eigenvalue weighted by Crippen LogP contribution is 2.32. The first-order valence-electron chi connectivity index (χ1n) is 8.49. The Kier molecular flexibility index (Phi) is 5.71. The monoisotopic (exact) mass is 357 g/mol. The van der Waals surface area contributed by atoms with Gasteiger partial charge in [0.1, 0.15) is 0 Å². The molecule has 2 heterocycles. The van der Waals surface area contributed by atoms with Crippen LogP contribution in [0.1, 0.15) is 31.5 Å². The predicted octanol–water partition coefficient (Wildman–Crippen LogP) is 3.49. The molecule has 5 nitrogen and oxygen atoms in total. The Morgan fingerprint density at radius 2 is 2.08 bits per heavy atom. The Balaban J connectivity index is 1.76. The fraction of sp³-hybridized carbons (Fsp3) is 0.368. The lowest BCUT2D eigenvalue weighted by Crippen LogP contribution is -2.42. The van der Waals surface area contributed by atoms with Crippen LogP contribution in [0.3, 0.4) is 0 Å². The number of nitrogens with zero attached hydrogens (tertiary/aromatic N) is 2. The number of pyridine rings is 1. The van der Waals surface area contributed by atoms with Crippen molar-refractivity contribution in [3.05, 3.63) is 53.9 Å². The average molecular weight is 357 g/mol. The van der Waals surface area contributed by atoms with Crippen molar-refractivity contribution in [3.8, 4) is 11.5 Å². The second-order valence-corrected chi connectivity index (χ2v) is 6.51. The van der Waals surface area contributed by atoms with Gasteiger partial charge in [-0.05, 0) is 55.4 Å². The summed E-state index contributed by atoms with van der Waals surface area (Å²) in [7, 11) is 0. The summed E-state index contributed by atoms with van der Waals surface area (Å²) in [6, 6.07) is 12.3. The third-order valence-electron chi connectivity index (χ3n) is 4.16. The molecule has 0 saturated carbocycles. The van der Waals surface area contributed by atoms with E-state index in [9.17, 15) is 0 Å². The molecule has 3 rings (SSSR count). The van der Waals surface area contributed by atoms with Gasteiger partial charge in [-0.15, -0.1) is 0 Å². The van der Waals surface area contributed by atoms with E-state index in [0.29, 0.717) is 19.1 Å². The highest BCUT2D eigenvalue weighted by atomic mass is 32.1. The molecule has 1 aliphatic rings. The highest BCUT2D eigenvalue weighted by Gasteiger charge is 2.17. The van der Waals surface area contributed by atoms with Crippen molar-refractivity contribution in [3.63, 3.8) is 0 Å². The Morgan fingerprint density at radius 3 is 2.84 bits per heavy atom. The summed E-state index contributed by atoms with van der Waals surface area (Å²) in [5.41, 5.74) is 2.10. The van der Waals surface area contributed by atoms with E-state index >= 15 is 0 Å². The molecule has 0 bridgehead atoms. The quantitative estimate of drug-likeness (QED) is 0.799. The summed E-state index contributed by atoms with van der Waals surface area (Å²) in [6.07, 6.45) is 2.82. The Morgan fingerprint density at radius 1 is 1.24 bits per heavy atom. The summed E-state index contributed by atoms with van der Waals surface area (Å²) < 4.78 is 10.9. The smallest absolute Gasteiger partial charge is 0.231 e. The molecule has 1 N–H and O–H groups in total. The third kappa shape index (κ3) is 4.60. The SMILES string of the molecule is CCC(C)NC(=S)N(Cc1ccc2c(c1)OCO2)Cc1ccccn1. The minimum atomic E-state index is 0.282. The Labute approximate surface area is 154 Å². The van der Waals surface area contributed by atoms with Crippen molar-refractivity contribution in [1.29, 1.82) is 0 Å². The van der Waals surface area contributed by atoms with E-state index in [2.05, 4.69) is 29.0 Å². The number of ether oxygens (including phenoxy) is 2. The van der Waals surface area contributed by atoms with Gasteiger partial charge in [-0.3, -0.25) is 4.98 Å². The molecule has 6 heteroatoms. The topological polar surface area (TPSA) is 46.6 Å². The van der Waals surface area contributed by atoms with Gasteiger partial charge in [0.05, 0.1) is 12.2 Å². The molecule has 1 aromatic carbocycles. The number of rotatable bonds is 6. The van der Waals surface area contributed by atoms with Gasteiger partial charge in [0.2, 0.25) is 6.79 Å². The fourth-order valence-corrected chi connectivity index (χ4v) is 2.88. The van der Waals surface area contributed by atoms with Gasteiger partial charge in [0, 0.05) is 18.8 Å². The van der Waals surface area contributed by atoms with Crippen LogP contribution in [0.25, 0.3) is 0 Å². The van der Waals surface area contributed by atoms with E-state index in [1.54, 1.807) is 6.20 Å². The first-order valence-corrected chi connectivity index (χ1v) is 8.90. The van der Waals surface area contributed by atoms with Gasteiger partial charge in [0.15, 0.2) is 16.6 Å². The zero-order valence-corrected chi connectivity index (χ0v) is 15.4. The fourth-order valence-electron chi connectivity index (χ4n) is 2.55. The predicted molar refractivity (Wildman–Crippen MR) is 102 cm³/mol.